The summed E-state index contributed by atoms with van der Waals surface area (Å²) in [5.74, 6) is -1.38. The molecule has 0 N–H and O–H groups in total. The molecule has 1 unspecified atom stereocenters. The van der Waals surface area contributed by atoms with Crippen molar-refractivity contribution in [3.63, 3.8) is 0 Å². The Labute approximate surface area is 164 Å². The van der Waals surface area contributed by atoms with Gasteiger partial charge in [-0.2, -0.15) is 13.2 Å². The van der Waals surface area contributed by atoms with E-state index in [0.29, 0.717) is 17.1 Å². The van der Waals surface area contributed by atoms with Crippen LogP contribution in [0, 0.1) is 12.7 Å². The zero-order valence-electron chi connectivity index (χ0n) is 15.8. The maximum atomic E-state index is 14.5. The first-order valence-electron chi connectivity index (χ1n) is 8.18. The zero-order chi connectivity index (χ0) is 21.1. The van der Waals surface area contributed by atoms with Gasteiger partial charge in [-0.1, -0.05) is 12.1 Å². The topological polar surface area (TPSA) is 47.9 Å². The molecule has 0 saturated carbocycles. The third kappa shape index (κ3) is 5.39. The van der Waals surface area contributed by atoms with E-state index < -0.39 is 28.9 Å². The minimum absolute atomic E-state index is 0.101. The molecule has 0 aromatic heterocycles. The predicted molar refractivity (Wildman–Crippen MR) is 101 cm³/mol. The first kappa shape index (κ1) is 22.0. The Balaban J connectivity index is 2.57. The molecule has 0 aliphatic carbocycles. The van der Waals surface area contributed by atoms with Gasteiger partial charge in [-0.05, 0) is 36.3 Å². The Morgan fingerprint density at radius 3 is 2.43 bits per heavy atom. The second-order valence-corrected chi connectivity index (χ2v) is 7.62. The van der Waals surface area contributed by atoms with E-state index in [1.165, 1.54) is 14.0 Å². The fourth-order valence-electron chi connectivity index (χ4n) is 2.54. The molecule has 0 spiro atoms. The van der Waals surface area contributed by atoms with Gasteiger partial charge in [-0.15, -0.1) is 0 Å². The van der Waals surface area contributed by atoms with E-state index >= 15 is 0 Å². The average Bonchev–Trinajstić information content (AvgIpc) is 2.59. The van der Waals surface area contributed by atoms with E-state index in [2.05, 4.69) is 4.99 Å². The Morgan fingerprint density at radius 2 is 1.86 bits per heavy atom. The number of hydrogen-bond acceptors (Lipinski definition) is 3. The van der Waals surface area contributed by atoms with Crippen LogP contribution in [0.3, 0.4) is 0 Å². The fraction of sp³-hybridized carbons (Fsp3) is 0.316. The second-order valence-electron chi connectivity index (χ2n) is 6.20. The normalized spacial score (nSPS) is 13.4. The van der Waals surface area contributed by atoms with Crippen molar-refractivity contribution in [2.75, 3.05) is 27.0 Å². The van der Waals surface area contributed by atoms with Crippen LogP contribution in [-0.2, 0) is 11.2 Å². The second kappa shape index (κ2) is 8.83. The molecule has 0 heterocycles. The van der Waals surface area contributed by atoms with Gasteiger partial charge in [0.1, 0.15) is 23.1 Å². The number of amidine groups is 1. The summed E-state index contributed by atoms with van der Waals surface area (Å²) in [6.45, 7) is 1.41. The van der Waals surface area contributed by atoms with Crippen LogP contribution in [0.1, 0.15) is 11.1 Å². The summed E-state index contributed by atoms with van der Waals surface area (Å²) in [5, 5.41) is 0. The largest absolute Gasteiger partial charge is 0.611 e. The first-order valence-corrected chi connectivity index (χ1v) is 9.50. The number of aliphatic imine (C=N–C) groups is 1. The fourth-order valence-corrected chi connectivity index (χ4v) is 3.66. The SMILES string of the molecule is COc1ccccc1/C(=N\c1cc([S+]([O-])CC(F)(F)F)c(C)cc1F)N(C)C. The zero-order valence-corrected chi connectivity index (χ0v) is 16.6. The van der Waals surface area contributed by atoms with Crippen LogP contribution in [0.4, 0.5) is 23.2 Å². The monoisotopic (exact) mass is 416 g/mol. The number of halogens is 4. The lowest BCUT2D eigenvalue weighted by Gasteiger charge is -2.19. The molecule has 1 atom stereocenters. The Morgan fingerprint density at radius 1 is 1.21 bits per heavy atom. The average molecular weight is 416 g/mol. The molecular weight excluding hydrogens is 396 g/mol. The smallest absolute Gasteiger partial charge is 0.433 e. The number of hydrogen-bond donors (Lipinski definition) is 0. The number of rotatable bonds is 5. The van der Waals surface area contributed by atoms with Crippen molar-refractivity contribution >= 4 is 22.7 Å². The molecule has 2 aromatic carbocycles. The van der Waals surface area contributed by atoms with E-state index in [-0.39, 0.29) is 16.1 Å². The summed E-state index contributed by atoms with van der Waals surface area (Å²) < 4.78 is 69.7. The highest BCUT2D eigenvalue weighted by Gasteiger charge is 2.36. The summed E-state index contributed by atoms with van der Waals surface area (Å²) in [6.07, 6.45) is -4.60. The lowest BCUT2D eigenvalue weighted by molar-refractivity contribution is -0.106. The van der Waals surface area contributed by atoms with Crippen LogP contribution < -0.4 is 4.74 Å². The van der Waals surface area contributed by atoms with Gasteiger partial charge < -0.3 is 14.2 Å². The number of para-hydroxylation sites is 1. The number of alkyl halides is 3. The molecule has 0 fully saturated rings. The molecule has 2 aromatic rings. The number of nitrogens with zero attached hydrogens (tertiary/aromatic N) is 2. The van der Waals surface area contributed by atoms with Crippen molar-refractivity contribution in [3.8, 4) is 5.75 Å². The van der Waals surface area contributed by atoms with E-state index in [0.717, 1.165) is 12.1 Å². The van der Waals surface area contributed by atoms with Crippen molar-refractivity contribution in [1.82, 2.24) is 4.90 Å². The van der Waals surface area contributed by atoms with Gasteiger partial charge in [-0.25, -0.2) is 9.38 Å². The third-order valence-electron chi connectivity index (χ3n) is 3.78. The molecule has 152 valence electrons. The summed E-state index contributed by atoms with van der Waals surface area (Å²) in [4.78, 5) is 5.82. The maximum absolute atomic E-state index is 14.5. The number of benzene rings is 2. The van der Waals surface area contributed by atoms with E-state index in [1.807, 2.05) is 0 Å². The molecule has 28 heavy (non-hydrogen) atoms. The molecule has 0 bridgehead atoms. The highest BCUT2D eigenvalue weighted by Crippen LogP contribution is 2.31. The van der Waals surface area contributed by atoms with Crippen LogP contribution in [-0.4, -0.2) is 48.4 Å². The number of methoxy groups -OCH3 is 1. The Bertz CT molecular complexity index is 869. The van der Waals surface area contributed by atoms with Crippen LogP contribution in [0.15, 0.2) is 46.3 Å². The van der Waals surface area contributed by atoms with E-state index in [9.17, 15) is 22.1 Å². The van der Waals surface area contributed by atoms with E-state index in [1.54, 1.807) is 43.3 Å². The van der Waals surface area contributed by atoms with Gasteiger partial charge in [-0.3, -0.25) is 0 Å². The van der Waals surface area contributed by atoms with Crippen molar-refractivity contribution < 1.29 is 26.9 Å². The van der Waals surface area contributed by atoms with E-state index in [4.69, 9.17) is 4.74 Å². The van der Waals surface area contributed by atoms with Gasteiger partial charge in [0, 0.05) is 25.7 Å². The highest BCUT2D eigenvalue weighted by atomic mass is 32.2. The first-order chi connectivity index (χ1) is 13.0. The molecule has 0 aliphatic rings. The number of ether oxygens (including phenoxy) is 1. The van der Waals surface area contributed by atoms with Crippen molar-refractivity contribution in [1.29, 1.82) is 0 Å². The maximum Gasteiger partial charge on any atom is 0.433 e. The van der Waals surface area contributed by atoms with Crippen LogP contribution in [0.5, 0.6) is 5.75 Å². The molecule has 0 radical (unpaired) electrons. The minimum Gasteiger partial charge on any atom is -0.611 e. The van der Waals surface area contributed by atoms with Crippen LogP contribution >= 0.6 is 0 Å². The van der Waals surface area contributed by atoms with Gasteiger partial charge >= 0.3 is 6.18 Å². The molecule has 4 nitrogen and oxygen atoms in total. The molecule has 0 saturated heterocycles. The lowest BCUT2D eigenvalue weighted by atomic mass is 10.1. The summed E-state index contributed by atoms with van der Waals surface area (Å²) >= 11 is -2.36. The van der Waals surface area contributed by atoms with Gasteiger partial charge in [0.2, 0.25) is 5.75 Å². The van der Waals surface area contributed by atoms with Crippen LogP contribution in [0.25, 0.3) is 0 Å². The Kier molecular flexibility index (Phi) is 6.95. The molecule has 9 heteroatoms. The van der Waals surface area contributed by atoms with Gasteiger partial charge in [0.25, 0.3) is 0 Å². The highest BCUT2D eigenvalue weighted by molar-refractivity contribution is 7.91. The van der Waals surface area contributed by atoms with Gasteiger partial charge in [0.15, 0.2) is 4.90 Å². The lowest BCUT2D eigenvalue weighted by Crippen LogP contribution is -2.24. The summed E-state index contributed by atoms with van der Waals surface area (Å²) in [5.41, 5.74) is 0.543. The summed E-state index contributed by atoms with van der Waals surface area (Å²) in [7, 11) is 4.87. The quantitative estimate of drug-likeness (QED) is 0.313. The summed E-state index contributed by atoms with van der Waals surface area (Å²) in [6, 6.07) is 9.10. The third-order valence-corrected chi connectivity index (χ3v) is 5.30. The minimum atomic E-state index is -4.60. The number of aryl methyl sites for hydroxylation is 1. The van der Waals surface area contributed by atoms with Crippen LogP contribution in [0.2, 0.25) is 0 Å². The Hall–Kier alpha value is -2.26. The standard InChI is InChI=1S/C19H20F4N2O2S/c1-12-9-14(20)15(10-17(12)28(26)11-19(21,22)23)24-18(25(2)3)13-7-5-6-8-16(13)27-4/h5-10H,11H2,1-4H3/b24-18+. The van der Waals surface area contributed by atoms with Crippen molar-refractivity contribution in [3.05, 3.63) is 53.3 Å². The van der Waals surface area contributed by atoms with Gasteiger partial charge in [0.05, 0.1) is 12.7 Å². The van der Waals surface area contributed by atoms with Crippen molar-refractivity contribution in [2.24, 2.45) is 4.99 Å². The molecule has 0 aliphatic heterocycles. The molecular formula is C19H20F4N2O2S. The molecule has 2 rings (SSSR count). The van der Waals surface area contributed by atoms with Crippen molar-refractivity contribution in [2.45, 2.75) is 18.0 Å². The molecule has 0 amide bonds. The predicted octanol–water partition coefficient (Wildman–Crippen LogP) is 4.45.